The van der Waals surface area contributed by atoms with Gasteiger partial charge in [-0.3, -0.25) is 4.79 Å². The molecule has 0 unspecified atom stereocenters. The van der Waals surface area contributed by atoms with Gasteiger partial charge in [0, 0.05) is 32.4 Å². The number of nitrogens with zero attached hydrogens (tertiary/aromatic N) is 4. The van der Waals surface area contributed by atoms with Crippen LogP contribution >= 0.6 is 0 Å². The first-order valence-electron chi connectivity index (χ1n) is 8.39. The normalized spacial score (nSPS) is 16.3. The molecular formula is C16H21N5O4S. The Hall–Kier alpha value is -2.46. The zero-order valence-corrected chi connectivity index (χ0v) is 15.3. The van der Waals surface area contributed by atoms with Gasteiger partial charge in [-0.15, -0.1) is 0 Å². The largest absolute Gasteiger partial charge is 0.477 e. The van der Waals surface area contributed by atoms with Crippen LogP contribution in [0.3, 0.4) is 0 Å². The van der Waals surface area contributed by atoms with E-state index in [1.54, 1.807) is 23.2 Å². The van der Waals surface area contributed by atoms with Crippen molar-refractivity contribution >= 4 is 15.9 Å². The molecule has 0 atom stereocenters. The van der Waals surface area contributed by atoms with E-state index in [1.807, 2.05) is 6.92 Å². The summed E-state index contributed by atoms with van der Waals surface area (Å²) in [5.41, 5.74) is 0.388. The Morgan fingerprint density at radius 3 is 2.88 bits per heavy atom. The zero-order valence-electron chi connectivity index (χ0n) is 14.5. The van der Waals surface area contributed by atoms with Crippen LogP contribution in [0.4, 0.5) is 0 Å². The van der Waals surface area contributed by atoms with E-state index in [2.05, 4.69) is 15.0 Å². The standard InChI is InChI=1S/C16H21N5O4S/c1-2-25-15-13(5-3-6-18-15)16(22)20-7-4-8-21(10-9-20)26(23,24)14-11-17-12-19-14/h3,5-6,11-12H,2,4,7-10H2,1H3,(H,17,19). The van der Waals surface area contributed by atoms with Gasteiger partial charge in [-0.05, 0) is 25.5 Å². The molecule has 9 nitrogen and oxygen atoms in total. The minimum absolute atomic E-state index is 0.0585. The van der Waals surface area contributed by atoms with Crippen LogP contribution in [0, 0.1) is 0 Å². The fraction of sp³-hybridized carbons (Fsp3) is 0.438. The minimum atomic E-state index is -3.63. The van der Waals surface area contributed by atoms with Crippen LogP contribution in [0.15, 0.2) is 35.9 Å². The first-order chi connectivity index (χ1) is 12.5. The smallest absolute Gasteiger partial charge is 0.260 e. The summed E-state index contributed by atoms with van der Waals surface area (Å²) in [5.74, 6) is 0.0912. The van der Waals surface area contributed by atoms with Crippen LogP contribution in [0.25, 0.3) is 0 Å². The molecule has 26 heavy (non-hydrogen) atoms. The Labute approximate surface area is 152 Å². The Balaban J connectivity index is 1.74. The number of aromatic amines is 1. The molecule has 3 rings (SSSR count). The highest BCUT2D eigenvalue weighted by Crippen LogP contribution is 2.20. The number of imidazole rings is 1. The van der Waals surface area contributed by atoms with Gasteiger partial charge in [0.05, 0.1) is 19.1 Å². The van der Waals surface area contributed by atoms with Gasteiger partial charge in [0.1, 0.15) is 5.56 Å². The second kappa shape index (κ2) is 7.83. The van der Waals surface area contributed by atoms with Crippen molar-refractivity contribution in [3.8, 4) is 5.88 Å². The molecule has 0 spiro atoms. The van der Waals surface area contributed by atoms with Gasteiger partial charge in [-0.25, -0.2) is 18.4 Å². The number of sulfonamides is 1. The second-order valence-corrected chi connectivity index (χ2v) is 7.66. The summed E-state index contributed by atoms with van der Waals surface area (Å²) in [4.78, 5) is 25.0. The molecule has 2 aromatic heterocycles. The average Bonchev–Trinajstić information content (AvgIpc) is 3.07. The summed E-state index contributed by atoms with van der Waals surface area (Å²) in [6.07, 6.45) is 4.73. The molecule has 1 saturated heterocycles. The molecule has 2 aromatic rings. The van der Waals surface area contributed by atoms with E-state index in [0.29, 0.717) is 44.1 Å². The number of rotatable bonds is 5. The van der Waals surface area contributed by atoms with Gasteiger partial charge >= 0.3 is 0 Å². The first-order valence-corrected chi connectivity index (χ1v) is 9.83. The van der Waals surface area contributed by atoms with Gasteiger partial charge in [0.15, 0.2) is 5.03 Å². The van der Waals surface area contributed by atoms with Crippen LogP contribution in [-0.4, -0.2) is 71.3 Å². The summed E-state index contributed by atoms with van der Waals surface area (Å²) in [6, 6.07) is 3.35. The highest BCUT2D eigenvalue weighted by Gasteiger charge is 2.30. The molecular weight excluding hydrogens is 358 g/mol. The number of aromatic nitrogens is 3. The number of carbonyl (C=O) groups excluding carboxylic acids is 1. The lowest BCUT2D eigenvalue weighted by Crippen LogP contribution is -2.37. The molecule has 0 radical (unpaired) electrons. The Bertz CT molecular complexity index is 853. The highest BCUT2D eigenvalue weighted by molar-refractivity contribution is 7.89. The van der Waals surface area contributed by atoms with E-state index in [-0.39, 0.29) is 17.5 Å². The third-order valence-corrected chi connectivity index (χ3v) is 5.94. The second-order valence-electron chi connectivity index (χ2n) is 5.75. The summed E-state index contributed by atoms with van der Waals surface area (Å²) < 4.78 is 32.0. The van der Waals surface area contributed by atoms with E-state index in [4.69, 9.17) is 4.74 Å². The number of nitrogens with one attached hydrogen (secondary N) is 1. The number of ether oxygens (including phenoxy) is 1. The lowest BCUT2D eigenvalue weighted by atomic mass is 10.2. The molecule has 0 bridgehead atoms. The van der Waals surface area contributed by atoms with Crippen molar-refractivity contribution in [2.24, 2.45) is 0 Å². The molecule has 1 aliphatic rings. The molecule has 1 aliphatic heterocycles. The number of hydrogen-bond donors (Lipinski definition) is 1. The molecule has 140 valence electrons. The van der Waals surface area contributed by atoms with Crippen LogP contribution in [-0.2, 0) is 10.0 Å². The fourth-order valence-corrected chi connectivity index (χ4v) is 4.20. The lowest BCUT2D eigenvalue weighted by molar-refractivity contribution is 0.0759. The molecule has 10 heteroatoms. The predicted octanol–water partition coefficient (Wildman–Crippen LogP) is 0.740. The number of carbonyl (C=O) groups is 1. The molecule has 1 fully saturated rings. The van der Waals surface area contributed by atoms with E-state index in [0.717, 1.165) is 0 Å². The monoisotopic (exact) mass is 379 g/mol. The summed E-state index contributed by atoms with van der Waals surface area (Å²) in [6.45, 7) is 3.56. The zero-order chi connectivity index (χ0) is 18.6. The van der Waals surface area contributed by atoms with Crippen LogP contribution in [0.1, 0.15) is 23.7 Å². The van der Waals surface area contributed by atoms with Gasteiger partial charge in [-0.2, -0.15) is 4.31 Å². The minimum Gasteiger partial charge on any atom is -0.477 e. The molecule has 0 aliphatic carbocycles. The van der Waals surface area contributed by atoms with Crippen molar-refractivity contribution in [3.05, 3.63) is 36.4 Å². The molecule has 1 N–H and O–H groups in total. The van der Waals surface area contributed by atoms with Crippen molar-refractivity contribution < 1.29 is 17.9 Å². The quantitative estimate of drug-likeness (QED) is 0.821. The van der Waals surface area contributed by atoms with Crippen molar-refractivity contribution in [2.75, 3.05) is 32.8 Å². The number of H-pyrrole nitrogens is 1. The van der Waals surface area contributed by atoms with E-state index in [1.165, 1.54) is 16.8 Å². The molecule has 0 saturated carbocycles. The van der Waals surface area contributed by atoms with Gasteiger partial charge in [0.25, 0.3) is 15.9 Å². The molecule has 3 heterocycles. The van der Waals surface area contributed by atoms with Gasteiger partial charge < -0.3 is 14.6 Å². The summed E-state index contributed by atoms with van der Waals surface area (Å²) in [7, 11) is -3.63. The number of pyridine rings is 1. The number of hydrogen-bond acceptors (Lipinski definition) is 6. The maximum absolute atomic E-state index is 12.9. The number of amides is 1. The van der Waals surface area contributed by atoms with E-state index in [9.17, 15) is 13.2 Å². The molecule has 0 aromatic carbocycles. The van der Waals surface area contributed by atoms with Crippen LogP contribution in [0.2, 0.25) is 0 Å². The fourth-order valence-electron chi connectivity index (χ4n) is 2.84. The summed E-state index contributed by atoms with van der Waals surface area (Å²) in [5, 5.41) is 0.0585. The highest BCUT2D eigenvalue weighted by atomic mass is 32.2. The third-order valence-electron chi connectivity index (χ3n) is 4.12. The SMILES string of the molecule is CCOc1ncccc1C(=O)N1CCCN(S(=O)(=O)c2cnc[nH]2)CC1. The van der Waals surface area contributed by atoms with Gasteiger partial charge in [0.2, 0.25) is 5.88 Å². The first kappa shape index (κ1) is 18.3. The van der Waals surface area contributed by atoms with Crippen LogP contribution in [0.5, 0.6) is 5.88 Å². The maximum atomic E-state index is 12.9. The predicted molar refractivity (Wildman–Crippen MR) is 93.3 cm³/mol. The third kappa shape index (κ3) is 3.70. The summed E-state index contributed by atoms with van der Waals surface area (Å²) >= 11 is 0. The Morgan fingerprint density at radius 2 is 2.15 bits per heavy atom. The van der Waals surface area contributed by atoms with Gasteiger partial charge in [-0.1, -0.05) is 0 Å². The van der Waals surface area contributed by atoms with Crippen molar-refractivity contribution in [2.45, 2.75) is 18.4 Å². The van der Waals surface area contributed by atoms with Crippen molar-refractivity contribution in [1.29, 1.82) is 0 Å². The topological polar surface area (TPSA) is 108 Å². The Morgan fingerprint density at radius 1 is 1.31 bits per heavy atom. The molecule has 1 amide bonds. The maximum Gasteiger partial charge on any atom is 0.260 e. The van der Waals surface area contributed by atoms with E-state index < -0.39 is 10.0 Å². The van der Waals surface area contributed by atoms with Crippen molar-refractivity contribution in [3.63, 3.8) is 0 Å². The Kier molecular flexibility index (Phi) is 5.52. The van der Waals surface area contributed by atoms with Crippen molar-refractivity contribution in [1.82, 2.24) is 24.2 Å². The average molecular weight is 379 g/mol. The van der Waals surface area contributed by atoms with Crippen LogP contribution < -0.4 is 4.74 Å². The lowest BCUT2D eigenvalue weighted by Gasteiger charge is -2.22. The van der Waals surface area contributed by atoms with E-state index >= 15 is 0 Å².